The molecule has 0 aliphatic heterocycles. The van der Waals surface area contributed by atoms with Crippen LogP contribution in [0.1, 0.15) is 6.42 Å². The standard InChI is InChI=1S/C29H57BrO15/c30-2-4-34-6-8-36-10-12-38-14-16-40-18-20-42-22-24-44-26-28-45-27-25-43-23-21-41-19-17-39-15-13-37-11-9-35-7-5-33-3-1-29(31)32/h1-28H2,(H,31,32). The molecule has 15 nitrogen and oxygen atoms in total. The maximum absolute atomic E-state index is 10.3. The highest BCUT2D eigenvalue weighted by Crippen LogP contribution is 1.88. The second-order valence-corrected chi connectivity index (χ2v) is 9.59. The molecule has 0 rings (SSSR count). The number of ether oxygens (including phenoxy) is 13. The number of alkyl halides is 1. The zero-order chi connectivity index (χ0) is 32.6. The highest BCUT2D eigenvalue weighted by Gasteiger charge is 1.98. The number of aliphatic carboxylic acids is 1. The summed E-state index contributed by atoms with van der Waals surface area (Å²) in [5.41, 5.74) is 0. The van der Waals surface area contributed by atoms with E-state index in [2.05, 4.69) is 15.9 Å². The van der Waals surface area contributed by atoms with Gasteiger partial charge in [-0.25, -0.2) is 0 Å². The third-order valence-corrected chi connectivity index (χ3v) is 5.47. The predicted octanol–water partition coefficient (Wildman–Crippen LogP) is 1.07. The molecule has 0 saturated heterocycles. The van der Waals surface area contributed by atoms with Gasteiger partial charge in [0, 0.05) is 5.33 Å². The van der Waals surface area contributed by atoms with Crippen LogP contribution in [0.5, 0.6) is 0 Å². The van der Waals surface area contributed by atoms with Crippen molar-refractivity contribution in [1.82, 2.24) is 0 Å². The Kier molecular flexibility index (Phi) is 40.9. The number of halogens is 1. The Morgan fingerprint density at radius 3 is 0.622 bits per heavy atom. The monoisotopic (exact) mass is 724 g/mol. The molecule has 0 aliphatic carbocycles. The van der Waals surface area contributed by atoms with Crippen molar-refractivity contribution in [3.05, 3.63) is 0 Å². The minimum Gasteiger partial charge on any atom is -0.481 e. The predicted molar refractivity (Wildman–Crippen MR) is 167 cm³/mol. The van der Waals surface area contributed by atoms with Gasteiger partial charge in [0.1, 0.15) is 0 Å². The van der Waals surface area contributed by atoms with E-state index in [1.54, 1.807) is 0 Å². The Labute approximate surface area is 276 Å². The van der Waals surface area contributed by atoms with Gasteiger partial charge in [-0.3, -0.25) is 4.79 Å². The van der Waals surface area contributed by atoms with Crippen molar-refractivity contribution in [2.75, 3.05) is 177 Å². The smallest absolute Gasteiger partial charge is 0.305 e. The van der Waals surface area contributed by atoms with Crippen LogP contribution in [0.15, 0.2) is 0 Å². The molecule has 0 saturated carbocycles. The van der Waals surface area contributed by atoms with Gasteiger partial charge in [-0.05, 0) is 0 Å². The van der Waals surface area contributed by atoms with Crippen molar-refractivity contribution in [3.8, 4) is 0 Å². The minimum atomic E-state index is -0.874. The van der Waals surface area contributed by atoms with Crippen molar-refractivity contribution in [2.45, 2.75) is 6.42 Å². The van der Waals surface area contributed by atoms with Gasteiger partial charge in [-0.2, -0.15) is 0 Å². The molecule has 0 spiro atoms. The number of hydrogen-bond acceptors (Lipinski definition) is 14. The van der Waals surface area contributed by atoms with E-state index in [4.69, 9.17) is 66.7 Å². The van der Waals surface area contributed by atoms with Gasteiger partial charge in [0.25, 0.3) is 0 Å². The quantitative estimate of drug-likeness (QED) is 0.0705. The fourth-order valence-electron chi connectivity index (χ4n) is 2.96. The first-order valence-electron chi connectivity index (χ1n) is 15.6. The second kappa shape index (κ2) is 41.5. The van der Waals surface area contributed by atoms with Crippen molar-refractivity contribution < 1.29 is 71.5 Å². The number of rotatable bonds is 41. The van der Waals surface area contributed by atoms with Crippen LogP contribution >= 0.6 is 15.9 Å². The van der Waals surface area contributed by atoms with E-state index in [0.717, 1.165) is 5.33 Å². The first kappa shape index (κ1) is 44.4. The SMILES string of the molecule is O=C(O)CCOCCOCCOCCOCCOCCOCCOCCOCCOCCOCCOCCOCCOCCBr. The molecule has 0 radical (unpaired) electrons. The van der Waals surface area contributed by atoms with E-state index in [9.17, 15) is 4.79 Å². The van der Waals surface area contributed by atoms with Crippen LogP contribution in [-0.2, 0) is 66.4 Å². The number of carbonyl (C=O) groups is 1. The van der Waals surface area contributed by atoms with Crippen LogP contribution in [-0.4, -0.2) is 188 Å². The summed E-state index contributed by atoms with van der Waals surface area (Å²) < 4.78 is 70.1. The summed E-state index contributed by atoms with van der Waals surface area (Å²) >= 11 is 3.30. The molecular formula is C29H57BrO15. The van der Waals surface area contributed by atoms with E-state index in [1.807, 2.05) is 0 Å². The summed E-state index contributed by atoms with van der Waals surface area (Å²) in [5.74, 6) is -0.874. The fraction of sp³-hybridized carbons (Fsp3) is 0.966. The topological polar surface area (TPSA) is 157 Å². The summed E-state index contributed by atoms with van der Waals surface area (Å²) in [6, 6.07) is 0. The largest absolute Gasteiger partial charge is 0.481 e. The Hall–Kier alpha value is -0.570. The Morgan fingerprint density at radius 2 is 0.467 bits per heavy atom. The van der Waals surface area contributed by atoms with Gasteiger partial charge in [0.15, 0.2) is 0 Å². The van der Waals surface area contributed by atoms with Crippen molar-refractivity contribution in [3.63, 3.8) is 0 Å². The fourth-order valence-corrected chi connectivity index (χ4v) is 3.18. The van der Waals surface area contributed by atoms with E-state index in [0.29, 0.717) is 165 Å². The molecule has 0 atom stereocenters. The molecule has 45 heavy (non-hydrogen) atoms. The molecule has 0 aromatic rings. The van der Waals surface area contributed by atoms with Crippen molar-refractivity contribution in [1.29, 1.82) is 0 Å². The van der Waals surface area contributed by atoms with Crippen LogP contribution in [0.25, 0.3) is 0 Å². The zero-order valence-electron chi connectivity index (χ0n) is 26.8. The molecule has 0 heterocycles. The van der Waals surface area contributed by atoms with Gasteiger partial charge in [-0.1, -0.05) is 15.9 Å². The average Bonchev–Trinajstić information content (AvgIpc) is 3.03. The maximum atomic E-state index is 10.3. The van der Waals surface area contributed by atoms with Crippen LogP contribution in [0.3, 0.4) is 0 Å². The molecule has 0 aromatic heterocycles. The molecule has 0 aliphatic rings. The lowest BCUT2D eigenvalue weighted by molar-refractivity contribution is -0.138. The van der Waals surface area contributed by atoms with E-state index in [1.165, 1.54) is 0 Å². The molecule has 0 bridgehead atoms. The highest BCUT2D eigenvalue weighted by atomic mass is 79.9. The van der Waals surface area contributed by atoms with E-state index in [-0.39, 0.29) is 13.0 Å². The van der Waals surface area contributed by atoms with Crippen molar-refractivity contribution >= 4 is 21.9 Å². The van der Waals surface area contributed by atoms with Crippen LogP contribution in [0.4, 0.5) is 0 Å². The molecular weight excluding hydrogens is 668 g/mol. The molecule has 270 valence electrons. The molecule has 1 N–H and O–H groups in total. The maximum Gasteiger partial charge on any atom is 0.305 e. The highest BCUT2D eigenvalue weighted by molar-refractivity contribution is 9.09. The number of carboxylic acid groups (broad SMARTS) is 1. The van der Waals surface area contributed by atoms with E-state index >= 15 is 0 Å². The first-order valence-corrected chi connectivity index (χ1v) is 16.7. The summed E-state index contributed by atoms with van der Waals surface area (Å²) in [7, 11) is 0. The molecule has 0 unspecified atom stereocenters. The van der Waals surface area contributed by atoms with Gasteiger partial charge in [-0.15, -0.1) is 0 Å². The van der Waals surface area contributed by atoms with Gasteiger partial charge < -0.3 is 66.7 Å². The van der Waals surface area contributed by atoms with Crippen molar-refractivity contribution in [2.24, 2.45) is 0 Å². The summed E-state index contributed by atoms with van der Waals surface area (Å²) in [4.78, 5) is 10.3. The minimum absolute atomic E-state index is 0.00257. The second-order valence-electron chi connectivity index (χ2n) is 8.79. The van der Waals surface area contributed by atoms with E-state index < -0.39 is 5.97 Å². The molecule has 0 aromatic carbocycles. The average molecular weight is 726 g/mol. The normalized spacial score (nSPS) is 11.5. The number of hydrogen-bond donors (Lipinski definition) is 1. The van der Waals surface area contributed by atoms with Crippen LogP contribution in [0.2, 0.25) is 0 Å². The Balaban J connectivity index is 3.04. The lowest BCUT2D eigenvalue weighted by Gasteiger charge is -2.09. The lowest BCUT2D eigenvalue weighted by Crippen LogP contribution is -2.15. The van der Waals surface area contributed by atoms with Crippen LogP contribution in [0, 0.1) is 0 Å². The van der Waals surface area contributed by atoms with Gasteiger partial charge >= 0.3 is 5.97 Å². The zero-order valence-corrected chi connectivity index (χ0v) is 28.4. The molecule has 16 heteroatoms. The third kappa shape index (κ3) is 43.4. The summed E-state index contributed by atoms with van der Waals surface area (Å²) in [6.07, 6.45) is -0.00257. The third-order valence-electron chi connectivity index (χ3n) is 5.15. The number of carboxylic acids is 1. The van der Waals surface area contributed by atoms with Gasteiger partial charge in [0.2, 0.25) is 0 Å². The first-order chi connectivity index (χ1) is 22.3. The summed E-state index contributed by atoms with van der Waals surface area (Å²) in [5, 5.41) is 9.32. The molecule has 0 amide bonds. The van der Waals surface area contributed by atoms with Gasteiger partial charge in [0.05, 0.1) is 178 Å². The lowest BCUT2D eigenvalue weighted by atomic mass is 10.5. The molecule has 0 fully saturated rings. The Bertz CT molecular complexity index is 566. The van der Waals surface area contributed by atoms with Crippen LogP contribution < -0.4 is 0 Å². The Morgan fingerprint density at radius 1 is 0.311 bits per heavy atom. The summed E-state index contributed by atoms with van der Waals surface area (Å²) in [6.45, 7) is 12.8.